The summed E-state index contributed by atoms with van der Waals surface area (Å²) in [7, 11) is 1.94. The Labute approximate surface area is 202 Å². The van der Waals surface area contributed by atoms with Crippen molar-refractivity contribution in [2.45, 2.75) is 30.9 Å². The second-order valence-electron chi connectivity index (χ2n) is 9.09. The number of hydrogen-bond donors (Lipinski definition) is 1. The van der Waals surface area contributed by atoms with Crippen LogP contribution in [0.2, 0.25) is 0 Å². The van der Waals surface area contributed by atoms with Crippen molar-refractivity contribution in [3.05, 3.63) is 107 Å². The second-order valence-corrected chi connectivity index (χ2v) is 9.09. The lowest BCUT2D eigenvalue weighted by Crippen LogP contribution is -2.42. The maximum absolute atomic E-state index is 14.1. The van der Waals surface area contributed by atoms with Crippen LogP contribution in [0.1, 0.15) is 46.2 Å². The molecule has 1 aliphatic carbocycles. The molecule has 1 aliphatic heterocycles. The number of halogens is 1. The summed E-state index contributed by atoms with van der Waals surface area (Å²) >= 11 is 0. The standard InChI is InChI=1S/C28H30N2O2.ClH/c1-29(26(20-9-3-2-4-10-20)19-30-16-15-23(31)18-30)28(32)27-24-13-7-5-11-21(24)17-22-12-6-8-14-25(22)27;/h2-14,23,26-27,31H,15-19H2,1H3;1H/t23-,26+;/m0./s1. The Morgan fingerprint density at radius 3 is 2.12 bits per heavy atom. The lowest BCUT2D eigenvalue weighted by molar-refractivity contribution is -0.133. The number of nitrogens with zero attached hydrogens (tertiary/aromatic N) is 2. The van der Waals surface area contributed by atoms with Crippen molar-refractivity contribution >= 4 is 18.3 Å². The highest BCUT2D eigenvalue weighted by Crippen LogP contribution is 2.39. The minimum atomic E-state index is -0.295. The van der Waals surface area contributed by atoms with Gasteiger partial charge < -0.3 is 10.0 Å². The van der Waals surface area contributed by atoms with E-state index in [0.29, 0.717) is 6.54 Å². The number of amides is 1. The van der Waals surface area contributed by atoms with E-state index in [1.54, 1.807) is 0 Å². The molecule has 0 saturated carbocycles. The Kier molecular flexibility index (Phi) is 7.18. The molecule has 172 valence electrons. The van der Waals surface area contributed by atoms with E-state index in [-0.39, 0.29) is 36.4 Å². The van der Waals surface area contributed by atoms with Crippen LogP contribution in [0.4, 0.5) is 0 Å². The minimum Gasteiger partial charge on any atom is -0.392 e. The zero-order valence-corrected chi connectivity index (χ0v) is 19.7. The number of hydrogen-bond acceptors (Lipinski definition) is 3. The van der Waals surface area contributed by atoms with Gasteiger partial charge in [0.15, 0.2) is 0 Å². The first-order chi connectivity index (χ1) is 15.6. The summed E-state index contributed by atoms with van der Waals surface area (Å²) in [5.41, 5.74) is 5.83. The predicted molar refractivity (Wildman–Crippen MR) is 134 cm³/mol. The molecule has 5 rings (SSSR count). The lowest BCUT2D eigenvalue weighted by Gasteiger charge is -2.36. The zero-order chi connectivity index (χ0) is 22.1. The van der Waals surface area contributed by atoms with Crippen LogP contribution in [0.25, 0.3) is 0 Å². The number of aliphatic hydroxyl groups is 1. The first kappa shape index (κ1) is 23.5. The van der Waals surface area contributed by atoms with Crippen LogP contribution < -0.4 is 0 Å². The fraction of sp³-hybridized carbons (Fsp3) is 0.321. The molecule has 3 aromatic rings. The number of aliphatic hydroxyl groups excluding tert-OH is 1. The molecule has 1 saturated heterocycles. The summed E-state index contributed by atoms with van der Waals surface area (Å²) in [4.78, 5) is 18.3. The maximum atomic E-state index is 14.1. The Hall–Kier alpha value is -2.66. The van der Waals surface area contributed by atoms with E-state index in [4.69, 9.17) is 0 Å². The van der Waals surface area contributed by atoms with E-state index < -0.39 is 0 Å². The number of likely N-dealkylation sites (N-methyl/N-ethyl adjacent to an activating group) is 1. The third kappa shape index (κ3) is 4.70. The van der Waals surface area contributed by atoms with Crippen LogP contribution >= 0.6 is 12.4 Å². The molecule has 4 nitrogen and oxygen atoms in total. The lowest BCUT2D eigenvalue weighted by atomic mass is 9.77. The van der Waals surface area contributed by atoms with Crippen molar-refractivity contribution in [2.75, 3.05) is 26.7 Å². The Morgan fingerprint density at radius 1 is 0.970 bits per heavy atom. The van der Waals surface area contributed by atoms with Gasteiger partial charge in [-0.2, -0.15) is 0 Å². The first-order valence-electron chi connectivity index (χ1n) is 11.5. The minimum absolute atomic E-state index is 0. The number of carbonyl (C=O) groups is 1. The highest BCUT2D eigenvalue weighted by atomic mass is 35.5. The van der Waals surface area contributed by atoms with Gasteiger partial charge in [-0.1, -0.05) is 78.9 Å². The predicted octanol–water partition coefficient (Wildman–Crippen LogP) is 4.41. The molecule has 2 aliphatic rings. The number of β-amino-alcohol motifs (C(OH)–C–C–N with tert-alkyl or cyclic N) is 1. The third-order valence-electron chi connectivity index (χ3n) is 7.04. The molecule has 1 fully saturated rings. The van der Waals surface area contributed by atoms with E-state index in [0.717, 1.165) is 42.6 Å². The number of likely N-dealkylation sites (tertiary alicyclic amines) is 1. The molecule has 0 spiro atoms. The molecule has 1 heterocycles. The summed E-state index contributed by atoms with van der Waals surface area (Å²) < 4.78 is 0. The van der Waals surface area contributed by atoms with Gasteiger partial charge in [0.05, 0.1) is 18.1 Å². The molecule has 5 heteroatoms. The van der Waals surface area contributed by atoms with Gasteiger partial charge in [-0.15, -0.1) is 12.4 Å². The molecule has 0 bridgehead atoms. The average molecular weight is 463 g/mol. The SMILES string of the molecule is CN(C(=O)C1c2ccccc2Cc2ccccc21)[C@H](CN1CC[C@H](O)C1)c1ccccc1.Cl. The molecule has 2 atom stereocenters. The quantitative estimate of drug-likeness (QED) is 0.610. The van der Waals surface area contributed by atoms with E-state index in [1.165, 1.54) is 11.1 Å². The summed E-state index contributed by atoms with van der Waals surface area (Å²) in [6, 6.07) is 26.9. The molecule has 0 unspecified atom stereocenters. The molecule has 0 aromatic heterocycles. The third-order valence-corrected chi connectivity index (χ3v) is 7.04. The Bertz CT molecular complexity index is 1060. The van der Waals surface area contributed by atoms with E-state index >= 15 is 0 Å². The van der Waals surface area contributed by atoms with Crippen molar-refractivity contribution in [2.24, 2.45) is 0 Å². The van der Waals surface area contributed by atoms with Crippen molar-refractivity contribution in [1.29, 1.82) is 0 Å². The van der Waals surface area contributed by atoms with Crippen molar-refractivity contribution < 1.29 is 9.90 Å². The molecule has 3 aromatic carbocycles. The van der Waals surface area contributed by atoms with Crippen molar-refractivity contribution in [3.63, 3.8) is 0 Å². The van der Waals surface area contributed by atoms with Gasteiger partial charge in [0, 0.05) is 26.7 Å². The van der Waals surface area contributed by atoms with Gasteiger partial charge >= 0.3 is 0 Å². The Morgan fingerprint density at radius 2 is 1.55 bits per heavy atom. The van der Waals surface area contributed by atoms with Gasteiger partial charge in [0.1, 0.15) is 0 Å². The van der Waals surface area contributed by atoms with Gasteiger partial charge in [-0.3, -0.25) is 9.69 Å². The summed E-state index contributed by atoms with van der Waals surface area (Å²) in [5, 5.41) is 10.0. The van der Waals surface area contributed by atoms with E-state index in [2.05, 4.69) is 53.4 Å². The smallest absolute Gasteiger partial charge is 0.234 e. The van der Waals surface area contributed by atoms with Crippen LogP contribution in [0, 0.1) is 0 Å². The molecule has 0 radical (unpaired) electrons. The molecule has 1 amide bonds. The average Bonchev–Trinajstić information content (AvgIpc) is 3.25. The highest BCUT2D eigenvalue weighted by Gasteiger charge is 2.36. The highest BCUT2D eigenvalue weighted by molar-refractivity contribution is 5.89. The fourth-order valence-corrected chi connectivity index (χ4v) is 5.30. The Balaban J connectivity index is 0.00000259. The first-order valence-corrected chi connectivity index (χ1v) is 11.5. The molecular formula is C28H31ClN2O2. The van der Waals surface area contributed by atoms with Crippen LogP contribution in [-0.4, -0.2) is 53.6 Å². The summed E-state index contributed by atoms with van der Waals surface area (Å²) in [5.74, 6) is -0.172. The number of rotatable bonds is 5. The zero-order valence-electron chi connectivity index (χ0n) is 18.9. The largest absolute Gasteiger partial charge is 0.392 e. The van der Waals surface area contributed by atoms with Gasteiger partial charge in [0.25, 0.3) is 0 Å². The van der Waals surface area contributed by atoms with Crippen LogP contribution in [0.3, 0.4) is 0 Å². The van der Waals surface area contributed by atoms with Gasteiger partial charge in [0.2, 0.25) is 5.91 Å². The van der Waals surface area contributed by atoms with Crippen LogP contribution in [0.15, 0.2) is 78.9 Å². The molecule has 33 heavy (non-hydrogen) atoms. The normalized spacial score (nSPS) is 18.7. The number of benzene rings is 3. The fourth-order valence-electron chi connectivity index (χ4n) is 5.30. The van der Waals surface area contributed by atoms with Gasteiger partial charge in [-0.25, -0.2) is 0 Å². The van der Waals surface area contributed by atoms with E-state index in [9.17, 15) is 9.90 Å². The second kappa shape index (κ2) is 10.1. The van der Waals surface area contributed by atoms with E-state index in [1.807, 2.05) is 42.3 Å². The van der Waals surface area contributed by atoms with Crippen LogP contribution in [0.5, 0.6) is 0 Å². The van der Waals surface area contributed by atoms with Crippen molar-refractivity contribution in [3.8, 4) is 0 Å². The monoisotopic (exact) mass is 462 g/mol. The van der Waals surface area contributed by atoms with Crippen LogP contribution in [-0.2, 0) is 11.2 Å². The number of fused-ring (bicyclic) bond motifs is 2. The molecule has 1 N–H and O–H groups in total. The summed E-state index contributed by atoms with van der Waals surface area (Å²) in [6.07, 6.45) is 1.39. The number of carbonyl (C=O) groups excluding carboxylic acids is 1. The maximum Gasteiger partial charge on any atom is 0.234 e. The topological polar surface area (TPSA) is 43.8 Å². The molecular weight excluding hydrogens is 432 g/mol. The van der Waals surface area contributed by atoms with Crippen molar-refractivity contribution in [1.82, 2.24) is 9.80 Å². The summed E-state index contributed by atoms with van der Waals surface area (Å²) in [6.45, 7) is 2.25. The van der Waals surface area contributed by atoms with Gasteiger partial charge in [-0.05, 0) is 40.7 Å².